The molecule has 0 atom stereocenters. The first-order valence-electron chi connectivity index (χ1n) is 6.20. The maximum Gasteiger partial charge on any atom is 0.252 e. The van der Waals surface area contributed by atoms with Gasteiger partial charge in [0.15, 0.2) is 0 Å². The second-order valence-electron chi connectivity index (χ2n) is 4.67. The van der Waals surface area contributed by atoms with Crippen LogP contribution in [0.15, 0.2) is 22.4 Å². The van der Waals surface area contributed by atoms with Gasteiger partial charge in [-0.15, -0.1) is 11.3 Å². The van der Waals surface area contributed by atoms with Gasteiger partial charge in [-0.2, -0.15) is 9.40 Å². The van der Waals surface area contributed by atoms with Crippen molar-refractivity contribution in [3.63, 3.8) is 0 Å². The third kappa shape index (κ3) is 2.33. The van der Waals surface area contributed by atoms with Crippen LogP contribution in [0, 0.1) is 6.92 Å². The van der Waals surface area contributed by atoms with Gasteiger partial charge in [0, 0.05) is 18.8 Å². The number of nitrogens with zero attached hydrogens (tertiary/aromatic N) is 2. The van der Waals surface area contributed by atoms with Gasteiger partial charge in [0.1, 0.15) is 9.90 Å². The molecule has 2 aromatic heterocycles. The van der Waals surface area contributed by atoms with Crippen molar-refractivity contribution in [3.8, 4) is 10.6 Å². The van der Waals surface area contributed by atoms with E-state index >= 15 is 0 Å². The second-order valence-corrected chi connectivity index (χ2v) is 7.91. The standard InChI is InChI=1S/C12H15N3O2S2/c1-9-8-10(14-13-9)11-4-5-12(18-11)19(16,17)15-6-2-3-7-15/h4-5,8H,2-3,6-7H2,1H3,(H,13,14). The van der Waals surface area contributed by atoms with E-state index in [1.165, 1.54) is 11.3 Å². The molecule has 0 spiro atoms. The lowest BCUT2D eigenvalue weighted by Gasteiger charge is -2.13. The number of aryl methyl sites for hydroxylation is 1. The van der Waals surface area contributed by atoms with Crippen molar-refractivity contribution in [1.29, 1.82) is 0 Å². The van der Waals surface area contributed by atoms with Crippen molar-refractivity contribution >= 4 is 21.4 Å². The van der Waals surface area contributed by atoms with Gasteiger partial charge in [-0.3, -0.25) is 5.10 Å². The molecule has 5 nitrogen and oxygen atoms in total. The number of nitrogens with one attached hydrogen (secondary N) is 1. The van der Waals surface area contributed by atoms with Gasteiger partial charge in [-0.25, -0.2) is 8.42 Å². The van der Waals surface area contributed by atoms with Crippen LogP contribution in [-0.2, 0) is 10.0 Å². The van der Waals surface area contributed by atoms with Gasteiger partial charge in [-0.1, -0.05) is 0 Å². The molecule has 7 heteroatoms. The summed E-state index contributed by atoms with van der Waals surface area (Å²) in [6.07, 6.45) is 1.91. The Morgan fingerprint density at radius 1 is 1.32 bits per heavy atom. The lowest BCUT2D eigenvalue weighted by Crippen LogP contribution is -2.27. The van der Waals surface area contributed by atoms with E-state index < -0.39 is 10.0 Å². The summed E-state index contributed by atoms with van der Waals surface area (Å²) in [6.45, 7) is 3.19. The van der Waals surface area contributed by atoms with Gasteiger partial charge in [-0.05, 0) is 38.0 Å². The van der Waals surface area contributed by atoms with E-state index in [1.54, 1.807) is 10.4 Å². The average Bonchev–Trinajstić information content (AvgIpc) is 3.10. The molecule has 102 valence electrons. The Morgan fingerprint density at radius 2 is 2.05 bits per heavy atom. The first-order chi connectivity index (χ1) is 9.07. The number of aromatic amines is 1. The number of hydrogen-bond donors (Lipinski definition) is 1. The summed E-state index contributed by atoms with van der Waals surface area (Å²) in [5.74, 6) is 0. The minimum atomic E-state index is -3.31. The van der Waals surface area contributed by atoms with Gasteiger partial charge < -0.3 is 0 Å². The Balaban J connectivity index is 1.93. The van der Waals surface area contributed by atoms with E-state index in [9.17, 15) is 8.42 Å². The molecular weight excluding hydrogens is 282 g/mol. The number of rotatable bonds is 3. The predicted molar refractivity (Wildman–Crippen MR) is 74.6 cm³/mol. The fraction of sp³-hybridized carbons (Fsp3) is 0.417. The van der Waals surface area contributed by atoms with E-state index in [1.807, 2.05) is 19.1 Å². The molecular formula is C12H15N3O2S2. The molecule has 3 heterocycles. The van der Waals surface area contributed by atoms with Crippen LogP contribution in [0.4, 0.5) is 0 Å². The fourth-order valence-electron chi connectivity index (χ4n) is 2.20. The van der Waals surface area contributed by atoms with Gasteiger partial charge in [0.25, 0.3) is 10.0 Å². The lowest BCUT2D eigenvalue weighted by molar-refractivity contribution is 0.479. The largest absolute Gasteiger partial charge is 0.282 e. The summed E-state index contributed by atoms with van der Waals surface area (Å²) in [6, 6.07) is 5.42. The topological polar surface area (TPSA) is 66.1 Å². The molecule has 1 N–H and O–H groups in total. The highest BCUT2D eigenvalue weighted by Gasteiger charge is 2.28. The van der Waals surface area contributed by atoms with Crippen molar-refractivity contribution in [1.82, 2.24) is 14.5 Å². The minimum Gasteiger partial charge on any atom is -0.282 e. The van der Waals surface area contributed by atoms with Crippen LogP contribution in [0.2, 0.25) is 0 Å². The van der Waals surface area contributed by atoms with Crippen molar-refractivity contribution in [2.45, 2.75) is 24.0 Å². The van der Waals surface area contributed by atoms with Crippen LogP contribution in [0.1, 0.15) is 18.5 Å². The van der Waals surface area contributed by atoms with Crippen LogP contribution >= 0.6 is 11.3 Å². The van der Waals surface area contributed by atoms with Gasteiger partial charge in [0.05, 0.1) is 4.88 Å². The molecule has 0 amide bonds. The molecule has 1 aliphatic heterocycles. The summed E-state index contributed by atoms with van der Waals surface area (Å²) in [4.78, 5) is 0.877. The summed E-state index contributed by atoms with van der Waals surface area (Å²) in [5, 5.41) is 7.02. The zero-order chi connectivity index (χ0) is 13.5. The zero-order valence-electron chi connectivity index (χ0n) is 10.6. The first kappa shape index (κ1) is 12.8. The van der Waals surface area contributed by atoms with Crippen LogP contribution < -0.4 is 0 Å². The molecule has 1 fully saturated rings. The SMILES string of the molecule is Cc1cc(-c2ccc(S(=O)(=O)N3CCCC3)s2)n[nH]1. The minimum absolute atomic E-state index is 0.407. The van der Waals surface area contributed by atoms with Gasteiger partial charge >= 0.3 is 0 Å². The first-order valence-corrected chi connectivity index (χ1v) is 8.45. The quantitative estimate of drug-likeness (QED) is 0.944. The summed E-state index contributed by atoms with van der Waals surface area (Å²) in [5.41, 5.74) is 1.76. The molecule has 1 aliphatic rings. The Morgan fingerprint density at radius 3 is 2.68 bits per heavy atom. The Hall–Kier alpha value is -1.18. The molecule has 1 saturated heterocycles. The van der Waals surface area contributed by atoms with E-state index in [4.69, 9.17) is 0 Å². The number of sulfonamides is 1. The summed E-state index contributed by atoms with van der Waals surface area (Å²) < 4.78 is 26.8. The number of thiophene rings is 1. The third-order valence-electron chi connectivity index (χ3n) is 3.20. The maximum absolute atomic E-state index is 12.4. The molecule has 0 aromatic carbocycles. The summed E-state index contributed by atoms with van der Waals surface area (Å²) >= 11 is 1.28. The van der Waals surface area contributed by atoms with E-state index in [0.717, 1.165) is 29.1 Å². The highest BCUT2D eigenvalue weighted by molar-refractivity contribution is 7.91. The Bertz CT molecular complexity index is 681. The highest BCUT2D eigenvalue weighted by atomic mass is 32.2. The maximum atomic E-state index is 12.4. The van der Waals surface area contributed by atoms with Crippen molar-refractivity contribution < 1.29 is 8.42 Å². The third-order valence-corrected chi connectivity index (χ3v) is 6.67. The monoisotopic (exact) mass is 297 g/mol. The zero-order valence-corrected chi connectivity index (χ0v) is 12.2. The lowest BCUT2D eigenvalue weighted by atomic mass is 10.3. The molecule has 0 aliphatic carbocycles. The van der Waals surface area contributed by atoms with Crippen LogP contribution in [0.25, 0.3) is 10.6 Å². The van der Waals surface area contributed by atoms with E-state index in [2.05, 4.69) is 10.2 Å². The second kappa shape index (κ2) is 4.73. The molecule has 0 saturated carbocycles. The highest BCUT2D eigenvalue weighted by Crippen LogP contribution is 2.32. The van der Waals surface area contributed by atoms with Crippen molar-refractivity contribution in [2.24, 2.45) is 0 Å². The normalized spacial score (nSPS) is 17.1. The van der Waals surface area contributed by atoms with Crippen LogP contribution in [0.5, 0.6) is 0 Å². The van der Waals surface area contributed by atoms with Crippen molar-refractivity contribution in [2.75, 3.05) is 13.1 Å². The average molecular weight is 297 g/mol. The van der Waals surface area contributed by atoms with Crippen LogP contribution in [0.3, 0.4) is 0 Å². The number of H-pyrrole nitrogens is 1. The van der Waals surface area contributed by atoms with E-state index in [0.29, 0.717) is 17.3 Å². The van der Waals surface area contributed by atoms with Crippen molar-refractivity contribution in [3.05, 3.63) is 23.9 Å². The summed E-state index contributed by atoms with van der Waals surface area (Å²) in [7, 11) is -3.31. The smallest absolute Gasteiger partial charge is 0.252 e. The molecule has 2 aromatic rings. The Labute approximate surface area is 116 Å². The van der Waals surface area contributed by atoms with E-state index in [-0.39, 0.29) is 0 Å². The molecule has 0 unspecified atom stereocenters. The molecule has 0 radical (unpaired) electrons. The number of hydrogen-bond acceptors (Lipinski definition) is 4. The molecule has 3 rings (SSSR count). The molecule has 0 bridgehead atoms. The Kier molecular flexibility index (Phi) is 3.20. The van der Waals surface area contributed by atoms with Gasteiger partial charge in [0.2, 0.25) is 0 Å². The molecule has 19 heavy (non-hydrogen) atoms. The number of aromatic nitrogens is 2. The predicted octanol–water partition coefficient (Wildman–Crippen LogP) is 2.23. The van der Waals surface area contributed by atoms with Crippen LogP contribution in [-0.4, -0.2) is 36.0 Å². The fourth-order valence-corrected chi connectivity index (χ4v) is 5.13.